The van der Waals surface area contributed by atoms with Crippen LogP contribution in [0.4, 0.5) is 5.69 Å². The van der Waals surface area contributed by atoms with Gasteiger partial charge in [-0.15, -0.1) is 0 Å². The molecular formula is C13H17N3. The Balaban J connectivity index is 2.14. The third-order valence-electron chi connectivity index (χ3n) is 2.91. The van der Waals surface area contributed by atoms with Gasteiger partial charge in [0.25, 0.3) is 0 Å². The fourth-order valence-electron chi connectivity index (χ4n) is 1.87. The first kappa shape index (κ1) is 10.7. The first-order valence-corrected chi connectivity index (χ1v) is 5.51. The molecule has 3 heteroatoms. The molecule has 1 aromatic heterocycles. The van der Waals surface area contributed by atoms with Crippen LogP contribution in [0.2, 0.25) is 0 Å². The molecule has 84 valence electrons. The van der Waals surface area contributed by atoms with Crippen molar-refractivity contribution in [2.45, 2.75) is 26.2 Å². The average molecular weight is 215 g/mol. The molecule has 0 bridgehead atoms. The maximum absolute atomic E-state index is 5.78. The fraction of sp³-hybridized carbons (Fsp3) is 0.308. The smallest absolute Gasteiger partial charge is 0.0925 e. The number of nitrogens with zero attached hydrogens (tertiary/aromatic N) is 1. The van der Waals surface area contributed by atoms with Crippen molar-refractivity contribution in [3.8, 4) is 0 Å². The molecule has 1 aromatic carbocycles. The number of aromatic amines is 1. The van der Waals surface area contributed by atoms with E-state index in [1.807, 2.05) is 18.2 Å². The topological polar surface area (TPSA) is 54.7 Å². The van der Waals surface area contributed by atoms with E-state index in [4.69, 9.17) is 5.73 Å². The van der Waals surface area contributed by atoms with Crippen LogP contribution in [0.3, 0.4) is 0 Å². The highest BCUT2D eigenvalue weighted by atomic mass is 14.9. The predicted molar refractivity (Wildman–Crippen MR) is 66.3 cm³/mol. The maximum Gasteiger partial charge on any atom is 0.0925 e. The van der Waals surface area contributed by atoms with Crippen molar-refractivity contribution in [1.29, 1.82) is 0 Å². The highest BCUT2D eigenvalue weighted by molar-refractivity contribution is 5.42. The largest absolute Gasteiger partial charge is 0.399 e. The predicted octanol–water partition coefficient (Wildman–Crippen LogP) is 2.65. The van der Waals surface area contributed by atoms with Crippen molar-refractivity contribution in [2.24, 2.45) is 0 Å². The van der Waals surface area contributed by atoms with E-state index < -0.39 is 0 Å². The first-order valence-electron chi connectivity index (χ1n) is 5.51. The van der Waals surface area contributed by atoms with E-state index in [1.165, 1.54) is 5.56 Å². The van der Waals surface area contributed by atoms with E-state index >= 15 is 0 Å². The number of benzene rings is 1. The van der Waals surface area contributed by atoms with Gasteiger partial charge in [-0.3, -0.25) is 0 Å². The number of anilines is 1. The van der Waals surface area contributed by atoms with Gasteiger partial charge in [-0.25, -0.2) is 4.98 Å². The van der Waals surface area contributed by atoms with Crippen molar-refractivity contribution in [3.63, 3.8) is 0 Å². The molecule has 0 aliphatic rings. The second kappa shape index (κ2) is 4.39. The van der Waals surface area contributed by atoms with Crippen LogP contribution in [0.5, 0.6) is 0 Å². The number of aromatic nitrogens is 2. The number of nitrogen functional groups attached to an aromatic ring is 1. The highest BCUT2D eigenvalue weighted by Crippen LogP contribution is 2.22. The minimum atomic E-state index is 0.436. The van der Waals surface area contributed by atoms with Gasteiger partial charge in [0.05, 0.1) is 12.0 Å². The summed E-state index contributed by atoms with van der Waals surface area (Å²) in [5.41, 5.74) is 10.1. The zero-order chi connectivity index (χ0) is 11.5. The molecule has 0 spiro atoms. The van der Waals surface area contributed by atoms with Gasteiger partial charge in [-0.2, -0.15) is 0 Å². The Morgan fingerprint density at radius 3 is 2.88 bits per heavy atom. The third-order valence-corrected chi connectivity index (χ3v) is 2.91. The molecule has 0 amide bonds. The quantitative estimate of drug-likeness (QED) is 0.773. The van der Waals surface area contributed by atoms with E-state index in [9.17, 15) is 0 Å². The number of H-pyrrole nitrogens is 1. The second-order valence-electron chi connectivity index (χ2n) is 4.25. The van der Waals surface area contributed by atoms with E-state index in [-0.39, 0.29) is 0 Å². The normalized spacial score (nSPS) is 12.6. The fourth-order valence-corrected chi connectivity index (χ4v) is 1.87. The summed E-state index contributed by atoms with van der Waals surface area (Å²) in [6, 6.07) is 8.06. The molecule has 0 fully saturated rings. The van der Waals surface area contributed by atoms with E-state index in [2.05, 4.69) is 29.9 Å². The Kier molecular flexibility index (Phi) is 2.95. The van der Waals surface area contributed by atoms with Crippen LogP contribution in [-0.4, -0.2) is 9.97 Å². The summed E-state index contributed by atoms with van der Waals surface area (Å²) in [7, 11) is 0. The molecule has 0 aliphatic heterocycles. The summed E-state index contributed by atoms with van der Waals surface area (Å²) in [6.45, 7) is 4.25. The van der Waals surface area contributed by atoms with Gasteiger partial charge in [0, 0.05) is 11.4 Å². The van der Waals surface area contributed by atoms with Gasteiger partial charge in [0.15, 0.2) is 0 Å². The molecular weight excluding hydrogens is 198 g/mol. The molecule has 3 N–H and O–H groups in total. The van der Waals surface area contributed by atoms with Gasteiger partial charge in [-0.1, -0.05) is 19.1 Å². The number of hydrogen-bond donors (Lipinski definition) is 2. The summed E-state index contributed by atoms with van der Waals surface area (Å²) >= 11 is 0. The van der Waals surface area contributed by atoms with Gasteiger partial charge in [-0.05, 0) is 37.0 Å². The minimum Gasteiger partial charge on any atom is -0.399 e. The van der Waals surface area contributed by atoms with E-state index in [1.54, 1.807) is 6.33 Å². The molecule has 2 rings (SSSR count). The Morgan fingerprint density at radius 1 is 1.44 bits per heavy atom. The first-order chi connectivity index (χ1) is 7.66. The molecule has 2 aromatic rings. The molecule has 1 unspecified atom stereocenters. The van der Waals surface area contributed by atoms with Crippen LogP contribution < -0.4 is 5.73 Å². The molecule has 0 saturated heterocycles. The van der Waals surface area contributed by atoms with Crippen LogP contribution in [0.25, 0.3) is 0 Å². The Hall–Kier alpha value is -1.77. The molecule has 16 heavy (non-hydrogen) atoms. The van der Waals surface area contributed by atoms with Gasteiger partial charge in [0.2, 0.25) is 0 Å². The standard InChI is InChI=1S/C13H17N3/c1-9(6-13-10(2)15-8-16-13)11-4-3-5-12(14)7-11/h3-5,7-9H,6,14H2,1-2H3,(H,15,16). The molecule has 0 saturated carbocycles. The Morgan fingerprint density at radius 2 is 2.25 bits per heavy atom. The lowest BCUT2D eigenvalue weighted by atomic mass is 9.95. The van der Waals surface area contributed by atoms with Crippen LogP contribution in [0.1, 0.15) is 29.8 Å². The van der Waals surface area contributed by atoms with Crippen LogP contribution in [0, 0.1) is 6.92 Å². The van der Waals surface area contributed by atoms with Gasteiger partial charge < -0.3 is 10.7 Å². The number of nitrogens with one attached hydrogen (secondary N) is 1. The number of nitrogens with two attached hydrogens (primary N) is 1. The van der Waals surface area contributed by atoms with Crippen molar-refractivity contribution in [1.82, 2.24) is 9.97 Å². The van der Waals surface area contributed by atoms with E-state index in [0.717, 1.165) is 23.5 Å². The molecule has 1 heterocycles. The monoisotopic (exact) mass is 215 g/mol. The minimum absolute atomic E-state index is 0.436. The molecule has 0 aliphatic carbocycles. The van der Waals surface area contributed by atoms with Crippen molar-refractivity contribution < 1.29 is 0 Å². The average Bonchev–Trinajstić information content (AvgIpc) is 2.64. The zero-order valence-electron chi connectivity index (χ0n) is 9.70. The Bertz CT molecular complexity index is 474. The summed E-state index contributed by atoms with van der Waals surface area (Å²) < 4.78 is 0. The van der Waals surface area contributed by atoms with Crippen molar-refractivity contribution in [3.05, 3.63) is 47.5 Å². The molecule has 1 atom stereocenters. The van der Waals surface area contributed by atoms with Gasteiger partial charge >= 0.3 is 0 Å². The van der Waals surface area contributed by atoms with Crippen LogP contribution >= 0.6 is 0 Å². The number of imidazole rings is 1. The lowest BCUT2D eigenvalue weighted by molar-refractivity contribution is 0.740. The number of hydrogen-bond acceptors (Lipinski definition) is 2. The second-order valence-corrected chi connectivity index (χ2v) is 4.25. The zero-order valence-corrected chi connectivity index (χ0v) is 9.70. The third kappa shape index (κ3) is 2.24. The summed E-state index contributed by atoms with van der Waals surface area (Å²) in [6.07, 6.45) is 2.69. The molecule has 0 radical (unpaired) electrons. The lowest BCUT2D eigenvalue weighted by Crippen LogP contribution is -2.01. The number of aryl methyl sites for hydroxylation is 1. The summed E-state index contributed by atoms with van der Waals surface area (Å²) in [5.74, 6) is 0.436. The molecule has 3 nitrogen and oxygen atoms in total. The van der Waals surface area contributed by atoms with Crippen LogP contribution in [0.15, 0.2) is 30.6 Å². The van der Waals surface area contributed by atoms with Crippen LogP contribution in [-0.2, 0) is 6.42 Å². The number of rotatable bonds is 3. The SMILES string of the molecule is Cc1[nH]cnc1CC(C)c1cccc(N)c1. The Labute approximate surface area is 95.7 Å². The van der Waals surface area contributed by atoms with Crippen molar-refractivity contribution in [2.75, 3.05) is 5.73 Å². The van der Waals surface area contributed by atoms with E-state index in [0.29, 0.717) is 5.92 Å². The maximum atomic E-state index is 5.78. The highest BCUT2D eigenvalue weighted by Gasteiger charge is 2.10. The lowest BCUT2D eigenvalue weighted by Gasteiger charge is -2.11. The van der Waals surface area contributed by atoms with Gasteiger partial charge in [0.1, 0.15) is 0 Å². The summed E-state index contributed by atoms with van der Waals surface area (Å²) in [5, 5.41) is 0. The van der Waals surface area contributed by atoms with Crippen molar-refractivity contribution >= 4 is 5.69 Å². The summed E-state index contributed by atoms with van der Waals surface area (Å²) in [4.78, 5) is 7.42.